The summed E-state index contributed by atoms with van der Waals surface area (Å²) in [6.07, 6.45) is 0. The van der Waals surface area contributed by atoms with Crippen molar-refractivity contribution in [3.8, 4) is 0 Å². The number of carbonyl (C=O) groups is 2. The van der Waals surface area contributed by atoms with Crippen LogP contribution in [0.5, 0.6) is 0 Å². The number of fused-ring (bicyclic) bond motifs is 1. The third-order valence-corrected chi connectivity index (χ3v) is 5.01. The molecule has 0 atom stereocenters. The normalized spacial score (nSPS) is 10.8. The summed E-state index contributed by atoms with van der Waals surface area (Å²) in [7, 11) is 1.86. The van der Waals surface area contributed by atoms with Crippen LogP contribution >= 0.6 is 11.6 Å². The van der Waals surface area contributed by atoms with Gasteiger partial charge in [0, 0.05) is 36.7 Å². The van der Waals surface area contributed by atoms with Crippen LogP contribution in [-0.4, -0.2) is 34.4 Å². The maximum absolute atomic E-state index is 12.7. The summed E-state index contributed by atoms with van der Waals surface area (Å²) in [6, 6.07) is 14.6. The predicted molar refractivity (Wildman–Crippen MR) is 110 cm³/mol. The highest BCUT2D eigenvalue weighted by Crippen LogP contribution is 2.24. The molecule has 6 heteroatoms. The lowest BCUT2D eigenvalue weighted by Gasteiger charge is -2.19. The van der Waals surface area contributed by atoms with Gasteiger partial charge in [-0.3, -0.25) is 9.59 Å². The topological polar surface area (TPSA) is 54.3 Å². The summed E-state index contributed by atoms with van der Waals surface area (Å²) in [5, 5.41) is 4.18. The van der Waals surface area contributed by atoms with E-state index in [0.29, 0.717) is 35.1 Å². The lowest BCUT2D eigenvalue weighted by molar-refractivity contribution is 0.0773. The van der Waals surface area contributed by atoms with Crippen molar-refractivity contribution in [3.63, 3.8) is 0 Å². The molecule has 0 saturated heterocycles. The van der Waals surface area contributed by atoms with Crippen LogP contribution in [-0.2, 0) is 7.05 Å². The smallest absolute Gasteiger partial charge is 0.272 e. The van der Waals surface area contributed by atoms with Crippen LogP contribution in [0.4, 0.5) is 5.69 Å². The highest BCUT2D eigenvalue weighted by atomic mass is 35.5. The van der Waals surface area contributed by atoms with Gasteiger partial charge in [-0.15, -0.1) is 0 Å². The second-order valence-corrected chi connectivity index (χ2v) is 6.68. The van der Waals surface area contributed by atoms with Gasteiger partial charge in [-0.25, -0.2) is 0 Å². The number of hydrogen-bond donors (Lipinski definition) is 1. The SMILES string of the molecule is CCN(CC)C(=O)c1ccc(NC(=O)c2cc3ccccc3n2C)cc1Cl. The number of amides is 2. The van der Waals surface area contributed by atoms with Crippen molar-refractivity contribution in [2.45, 2.75) is 13.8 Å². The lowest BCUT2D eigenvalue weighted by atomic mass is 10.1. The van der Waals surface area contributed by atoms with E-state index in [1.807, 2.05) is 55.8 Å². The average Bonchev–Trinajstić information content (AvgIpc) is 3.00. The van der Waals surface area contributed by atoms with Gasteiger partial charge in [0.1, 0.15) is 5.69 Å². The van der Waals surface area contributed by atoms with Crippen molar-refractivity contribution in [1.82, 2.24) is 9.47 Å². The molecule has 0 saturated carbocycles. The predicted octanol–water partition coefficient (Wildman–Crippen LogP) is 4.57. The molecule has 1 aromatic heterocycles. The van der Waals surface area contributed by atoms with Gasteiger partial charge in [0.05, 0.1) is 10.6 Å². The molecule has 0 radical (unpaired) electrons. The monoisotopic (exact) mass is 383 g/mol. The van der Waals surface area contributed by atoms with Crippen molar-refractivity contribution in [1.29, 1.82) is 0 Å². The molecule has 1 N–H and O–H groups in total. The highest BCUT2D eigenvalue weighted by molar-refractivity contribution is 6.34. The Morgan fingerprint density at radius 1 is 1.07 bits per heavy atom. The van der Waals surface area contributed by atoms with E-state index in [2.05, 4.69) is 5.32 Å². The lowest BCUT2D eigenvalue weighted by Crippen LogP contribution is -2.30. The van der Waals surface area contributed by atoms with Crippen molar-refractivity contribution in [3.05, 3.63) is 64.8 Å². The second-order valence-electron chi connectivity index (χ2n) is 6.27. The summed E-state index contributed by atoms with van der Waals surface area (Å²) >= 11 is 6.30. The number of nitrogens with zero attached hydrogens (tertiary/aromatic N) is 2. The molecule has 3 aromatic rings. The largest absolute Gasteiger partial charge is 0.340 e. The molecule has 0 aliphatic heterocycles. The zero-order valence-corrected chi connectivity index (χ0v) is 16.4. The van der Waals surface area contributed by atoms with E-state index in [1.54, 1.807) is 23.1 Å². The summed E-state index contributed by atoms with van der Waals surface area (Å²) in [4.78, 5) is 26.9. The minimum Gasteiger partial charge on any atom is -0.340 e. The molecule has 0 unspecified atom stereocenters. The number of aromatic nitrogens is 1. The summed E-state index contributed by atoms with van der Waals surface area (Å²) in [5.41, 5.74) is 2.52. The Hall–Kier alpha value is -2.79. The quantitative estimate of drug-likeness (QED) is 0.701. The highest BCUT2D eigenvalue weighted by Gasteiger charge is 2.18. The molecule has 0 aliphatic rings. The van der Waals surface area contributed by atoms with Crippen LogP contribution < -0.4 is 5.32 Å². The Morgan fingerprint density at radius 3 is 2.41 bits per heavy atom. The average molecular weight is 384 g/mol. The molecular weight excluding hydrogens is 362 g/mol. The number of nitrogens with one attached hydrogen (secondary N) is 1. The van der Waals surface area contributed by atoms with Crippen LogP contribution in [0.1, 0.15) is 34.7 Å². The van der Waals surface area contributed by atoms with Gasteiger partial charge in [0.25, 0.3) is 11.8 Å². The van der Waals surface area contributed by atoms with Gasteiger partial charge in [0.15, 0.2) is 0 Å². The molecule has 0 aliphatic carbocycles. The van der Waals surface area contributed by atoms with Gasteiger partial charge in [-0.05, 0) is 44.2 Å². The van der Waals surface area contributed by atoms with Crippen LogP contribution in [0.3, 0.4) is 0 Å². The Morgan fingerprint density at radius 2 is 1.78 bits per heavy atom. The minimum absolute atomic E-state index is 0.114. The van der Waals surface area contributed by atoms with E-state index in [4.69, 9.17) is 11.6 Å². The van der Waals surface area contributed by atoms with E-state index < -0.39 is 0 Å². The number of rotatable bonds is 5. The fourth-order valence-electron chi connectivity index (χ4n) is 3.15. The van der Waals surface area contributed by atoms with Gasteiger partial charge in [0.2, 0.25) is 0 Å². The van der Waals surface area contributed by atoms with Crippen molar-refractivity contribution >= 4 is 40.0 Å². The van der Waals surface area contributed by atoms with Crippen LogP contribution in [0.15, 0.2) is 48.5 Å². The van der Waals surface area contributed by atoms with Crippen molar-refractivity contribution in [2.24, 2.45) is 7.05 Å². The number of halogens is 1. The molecule has 140 valence electrons. The first kappa shape index (κ1) is 19.0. The van der Waals surface area contributed by atoms with Gasteiger partial charge >= 0.3 is 0 Å². The van der Waals surface area contributed by atoms with E-state index in [0.717, 1.165) is 10.9 Å². The van der Waals surface area contributed by atoms with Crippen LogP contribution in [0.2, 0.25) is 5.02 Å². The van der Waals surface area contributed by atoms with Crippen LogP contribution in [0.25, 0.3) is 10.9 Å². The molecule has 0 spiro atoms. The number of benzene rings is 2. The van der Waals surface area contributed by atoms with Crippen molar-refractivity contribution < 1.29 is 9.59 Å². The molecule has 0 fully saturated rings. The fraction of sp³-hybridized carbons (Fsp3) is 0.238. The Balaban J connectivity index is 1.83. The minimum atomic E-state index is -0.229. The Bertz CT molecular complexity index is 1010. The van der Waals surface area contributed by atoms with Gasteiger partial charge in [-0.2, -0.15) is 0 Å². The maximum atomic E-state index is 12.7. The standard InChI is InChI=1S/C21H22ClN3O2/c1-4-25(5-2)21(27)16-11-10-15(13-17(16)22)23-20(26)19-12-14-8-6-7-9-18(14)24(19)3/h6-13H,4-5H2,1-3H3,(H,23,26). The number of hydrogen-bond acceptors (Lipinski definition) is 2. The molecular formula is C21H22ClN3O2. The molecule has 2 aromatic carbocycles. The first-order valence-corrected chi connectivity index (χ1v) is 9.28. The molecule has 1 heterocycles. The van der Waals surface area contributed by atoms with Crippen molar-refractivity contribution in [2.75, 3.05) is 18.4 Å². The van der Waals surface area contributed by atoms with E-state index >= 15 is 0 Å². The summed E-state index contributed by atoms with van der Waals surface area (Å²) < 4.78 is 1.85. The van der Waals surface area contributed by atoms with E-state index in [-0.39, 0.29) is 11.8 Å². The fourth-order valence-corrected chi connectivity index (χ4v) is 3.41. The summed E-state index contributed by atoms with van der Waals surface area (Å²) in [6.45, 7) is 5.08. The molecule has 27 heavy (non-hydrogen) atoms. The maximum Gasteiger partial charge on any atom is 0.272 e. The second kappa shape index (κ2) is 7.84. The third-order valence-electron chi connectivity index (χ3n) is 4.69. The molecule has 0 bridgehead atoms. The van der Waals surface area contributed by atoms with Gasteiger partial charge < -0.3 is 14.8 Å². The Kier molecular flexibility index (Phi) is 5.51. The third kappa shape index (κ3) is 3.69. The summed E-state index contributed by atoms with van der Waals surface area (Å²) in [5.74, 6) is -0.343. The zero-order valence-electron chi connectivity index (χ0n) is 15.6. The number of aryl methyl sites for hydroxylation is 1. The number of carbonyl (C=O) groups excluding carboxylic acids is 2. The molecule has 5 nitrogen and oxygen atoms in total. The molecule has 3 rings (SSSR count). The first-order valence-electron chi connectivity index (χ1n) is 8.90. The van der Waals surface area contributed by atoms with E-state index in [1.165, 1.54) is 0 Å². The number of anilines is 1. The van der Waals surface area contributed by atoms with Gasteiger partial charge in [-0.1, -0.05) is 29.8 Å². The Labute approximate surface area is 163 Å². The first-order chi connectivity index (χ1) is 13.0. The van der Waals surface area contributed by atoms with E-state index in [9.17, 15) is 9.59 Å². The number of para-hydroxylation sites is 1. The molecule has 2 amide bonds. The zero-order chi connectivity index (χ0) is 19.6. The van der Waals surface area contributed by atoms with Crippen LogP contribution in [0, 0.1) is 0 Å².